The van der Waals surface area contributed by atoms with Crippen LogP contribution in [0.4, 0.5) is 0 Å². The maximum Gasteiger partial charge on any atom is -0.00190 e. The van der Waals surface area contributed by atoms with Crippen molar-refractivity contribution in [1.29, 1.82) is 0 Å². The Morgan fingerprint density at radius 2 is 1.11 bits per heavy atom. The van der Waals surface area contributed by atoms with E-state index in [2.05, 4.69) is 31.4 Å². The maximum atomic E-state index is 4.50. The Morgan fingerprint density at radius 1 is 0.722 bits per heavy atom. The van der Waals surface area contributed by atoms with Crippen molar-refractivity contribution < 1.29 is 0 Å². The first kappa shape index (κ1) is 19.5. The lowest BCUT2D eigenvalue weighted by atomic mass is 10.2. The minimum Gasteiger partial charge on any atom is -0.333 e. The van der Waals surface area contributed by atoms with Gasteiger partial charge in [0.15, 0.2) is 0 Å². The van der Waals surface area contributed by atoms with Crippen molar-refractivity contribution in [3.63, 3.8) is 0 Å². The van der Waals surface area contributed by atoms with Crippen molar-refractivity contribution in [3.8, 4) is 0 Å². The molecule has 0 aromatic heterocycles. The van der Waals surface area contributed by atoms with E-state index in [4.69, 9.17) is 0 Å². The predicted molar refractivity (Wildman–Crippen MR) is 83.9 cm³/mol. The molecular weight excluding hydrogens is 220 g/mol. The standard InChI is InChI=1S/C9H21N.C6H6.CH5N/c1-4-7-8-9-10(5-2)6-3;1-2-4-6-5-3-1;1-2/h4-9H2,1-3H3;1-6H;2H2,1H3. The molecule has 2 heteroatoms. The highest BCUT2D eigenvalue weighted by molar-refractivity contribution is 4.99. The van der Waals surface area contributed by atoms with Crippen LogP contribution in [-0.4, -0.2) is 31.6 Å². The normalized spacial score (nSPS) is 9.00. The van der Waals surface area contributed by atoms with E-state index in [1.807, 2.05) is 36.4 Å². The van der Waals surface area contributed by atoms with E-state index in [-0.39, 0.29) is 0 Å². The molecule has 0 atom stereocenters. The van der Waals surface area contributed by atoms with Crippen LogP contribution in [0.25, 0.3) is 0 Å². The summed E-state index contributed by atoms with van der Waals surface area (Å²) in [6.45, 7) is 10.4. The van der Waals surface area contributed by atoms with Crippen LogP contribution >= 0.6 is 0 Å². The summed E-state index contributed by atoms with van der Waals surface area (Å²) in [5.41, 5.74) is 4.50. The highest BCUT2D eigenvalue weighted by Gasteiger charge is 1.95. The van der Waals surface area contributed by atoms with E-state index in [1.54, 1.807) is 0 Å². The number of hydrogen-bond acceptors (Lipinski definition) is 2. The fraction of sp³-hybridized carbons (Fsp3) is 0.625. The van der Waals surface area contributed by atoms with Crippen LogP contribution in [-0.2, 0) is 0 Å². The van der Waals surface area contributed by atoms with Gasteiger partial charge in [-0.05, 0) is 33.1 Å². The average molecular weight is 252 g/mol. The third-order valence-electron chi connectivity index (χ3n) is 2.64. The molecule has 0 aliphatic rings. The van der Waals surface area contributed by atoms with Gasteiger partial charge in [-0.3, -0.25) is 0 Å². The molecule has 0 saturated heterocycles. The van der Waals surface area contributed by atoms with Gasteiger partial charge in [-0.15, -0.1) is 0 Å². The van der Waals surface area contributed by atoms with Crippen LogP contribution in [0, 0.1) is 0 Å². The number of nitrogens with two attached hydrogens (primary N) is 1. The Morgan fingerprint density at radius 3 is 1.39 bits per heavy atom. The van der Waals surface area contributed by atoms with Gasteiger partial charge in [0.05, 0.1) is 0 Å². The van der Waals surface area contributed by atoms with E-state index in [0.29, 0.717) is 0 Å². The van der Waals surface area contributed by atoms with Gasteiger partial charge in [0, 0.05) is 0 Å². The zero-order valence-corrected chi connectivity index (χ0v) is 12.7. The Hall–Kier alpha value is -0.860. The molecule has 0 unspecified atom stereocenters. The van der Waals surface area contributed by atoms with Gasteiger partial charge in [-0.2, -0.15) is 0 Å². The molecule has 2 nitrogen and oxygen atoms in total. The molecule has 0 bridgehead atoms. The maximum absolute atomic E-state index is 4.50. The summed E-state index contributed by atoms with van der Waals surface area (Å²) < 4.78 is 0. The first-order valence-electron chi connectivity index (χ1n) is 7.15. The second-order valence-corrected chi connectivity index (χ2v) is 3.89. The molecule has 0 fully saturated rings. The highest BCUT2D eigenvalue weighted by Crippen LogP contribution is 1.96. The summed E-state index contributed by atoms with van der Waals surface area (Å²) >= 11 is 0. The molecule has 106 valence electrons. The Kier molecular flexibility index (Phi) is 20.0. The predicted octanol–water partition coefficient (Wildman–Crippen LogP) is 3.78. The van der Waals surface area contributed by atoms with Crippen LogP contribution in [0.3, 0.4) is 0 Å². The van der Waals surface area contributed by atoms with E-state index < -0.39 is 0 Å². The van der Waals surface area contributed by atoms with Gasteiger partial charge in [0.25, 0.3) is 0 Å². The van der Waals surface area contributed by atoms with Crippen molar-refractivity contribution >= 4 is 0 Å². The fourth-order valence-corrected chi connectivity index (χ4v) is 1.51. The number of unbranched alkanes of at least 4 members (excludes halogenated alkanes) is 2. The summed E-state index contributed by atoms with van der Waals surface area (Å²) in [6.07, 6.45) is 4.09. The lowest BCUT2D eigenvalue weighted by Crippen LogP contribution is -2.23. The fourth-order valence-electron chi connectivity index (χ4n) is 1.51. The van der Waals surface area contributed by atoms with Crippen LogP contribution in [0.15, 0.2) is 36.4 Å². The monoisotopic (exact) mass is 252 g/mol. The minimum absolute atomic E-state index is 1.21. The highest BCUT2D eigenvalue weighted by atomic mass is 15.1. The van der Waals surface area contributed by atoms with Gasteiger partial charge >= 0.3 is 0 Å². The largest absolute Gasteiger partial charge is 0.333 e. The number of benzene rings is 1. The van der Waals surface area contributed by atoms with Crippen molar-refractivity contribution in [3.05, 3.63) is 36.4 Å². The van der Waals surface area contributed by atoms with Crippen molar-refractivity contribution in [1.82, 2.24) is 4.90 Å². The van der Waals surface area contributed by atoms with Crippen LogP contribution in [0.2, 0.25) is 0 Å². The quantitative estimate of drug-likeness (QED) is 0.781. The second kappa shape index (κ2) is 18.5. The topological polar surface area (TPSA) is 29.3 Å². The second-order valence-electron chi connectivity index (χ2n) is 3.89. The van der Waals surface area contributed by atoms with E-state index in [9.17, 15) is 0 Å². The van der Waals surface area contributed by atoms with Gasteiger partial charge in [0.1, 0.15) is 0 Å². The summed E-state index contributed by atoms with van der Waals surface area (Å²) in [6, 6.07) is 12.0. The first-order valence-corrected chi connectivity index (χ1v) is 7.15. The number of rotatable bonds is 6. The molecule has 1 aromatic carbocycles. The molecule has 0 aliphatic carbocycles. The molecule has 18 heavy (non-hydrogen) atoms. The van der Waals surface area contributed by atoms with Gasteiger partial charge in [0.2, 0.25) is 0 Å². The molecule has 0 amide bonds. The molecule has 0 radical (unpaired) electrons. The Bertz CT molecular complexity index is 181. The van der Waals surface area contributed by atoms with E-state index in [0.717, 1.165) is 0 Å². The van der Waals surface area contributed by atoms with Crippen LogP contribution in [0.1, 0.15) is 40.0 Å². The smallest absolute Gasteiger partial charge is 0.00190 e. The zero-order chi connectivity index (χ0) is 14.1. The molecule has 0 spiro atoms. The molecular formula is C16H32N2. The lowest BCUT2D eigenvalue weighted by Gasteiger charge is -2.16. The minimum atomic E-state index is 1.21. The molecule has 1 aromatic rings. The average Bonchev–Trinajstić information content (AvgIpc) is 2.48. The number of hydrogen-bond donors (Lipinski definition) is 1. The number of nitrogens with zero attached hydrogens (tertiary/aromatic N) is 1. The first-order chi connectivity index (χ1) is 8.85. The van der Waals surface area contributed by atoms with Gasteiger partial charge in [-0.25, -0.2) is 0 Å². The summed E-state index contributed by atoms with van der Waals surface area (Å²) in [7, 11) is 1.50. The van der Waals surface area contributed by atoms with Crippen molar-refractivity contribution in [2.75, 3.05) is 26.7 Å². The summed E-state index contributed by atoms with van der Waals surface area (Å²) in [4.78, 5) is 2.48. The molecule has 2 N–H and O–H groups in total. The van der Waals surface area contributed by atoms with Crippen molar-refractivity contribution in [2.45, 2.75) is 40.0 Å². The van der Waals surface area contributed by atoms with E-state index >= 15 is 0 Å². The third kappa shape index (κ3) is 15.1. The summed E-state index contributed by atoms with van der Waals surface area (Å²) in [5, 5.41) is 0. The van der Waals surface area contributed by atoms with Gasteiger partial charge < -0.3 is 10.6 Å². The molecule has 0 heterocycles. The Labute approximate surface area is 114 Å². The molecule has 0 aliphatic heterocycles. The van der Waals surface area contributed by atoms with Crippen LogP contribution < -0.4 is 5.73 Å². The van der Waals surface area contributed by atoms with Crippen LogP contribution in [0.5, 0.6) is 0 Å². The third-order valence-corrected chi connectivity index (χ3v) is 2.64. The zero-order valence-electron chi connectivity index (χ0n) is 12.7. The van der Waals surface area contributed by atoms with Gasteiger partial charge in [-0.1, -0.05) is 70.0 Å². The molecule has 0 saturated carbocycles. The summed E-state index contributed by atoms with van der Waals surface area (Å²) in [5.74, 6) is 0. The lowest BCUT2D eigenvalue weighted by molar-refractivity contribution is 0.296. The van der Waals surface area contributed by atoms with Crippen molar-refractivity contribution in [2.24, 2.45) is 5.73 Å². The Balaban J connectivity index is 0. The molecule has 1 rings (SSSR count). The van der Waals surface area contributed by atoms with E-state index in [1.165, 1.54) is 45.9 Å². The SMILES string of the molecule is CCCCCN(CC)CC.CN.c1ccccc1.